The number of carbonyl (C=O) groups is 1. The maximum atomic E-state index is 11.9. The molecule has 1 rings (SSSR count). The van der Waals surface area contributed by atoms with E-state index in [0.717, 1.165) is 11.3 Å². The summed E-state index contributed by atoms with van der Waals surface area (Å²) < 4.78 is 10.7. The quantitative estimate of drug-likeness (QED) is 0.781. The van der Waals surface area contributed by atoms with Gasteiger partial charge in [0.25, 0.3) is 5.91 Å². The Balaban J connectivity index is 2.67. The highest BCUT2D eigenvalue weighted by atomic mass is 16.5. The van der Waals surface area contributed by atoms with Gasteiger partial charge in [-0.1, -0.05) is 26.0 Å². The van der Waals surface area contributed by atoms with E-state index < -0.39 is 6.10 Å². The molecule has 0 bridgehead atoms. The lowest BCUT2D eigenvalue weighted by Crippen LogP contribution is -2.38. The molecule has 0 radical (unpaired) electrons. The molecule has 4 nitrogen and oxygen atoms in total. The number of hydrogen-bond donors (Lipinski definition) is 1. The van der Waals surface area contributed by atoms with E-state index in [9.17, 15) is 4.79 Å². The SMILES string of the molecule is COCCNC(=O)C(C)Oc1cc(C(C)C)ccc1C. The molecule has 112 valence electrons. The van der Waals surface area contributed by atoms with Crippen molar-refractivity contribution in [3.8, 4) is 5.75 Å². The average Bonchev–Trinajstić information content (AvgIpc) is 2.41. The van der Waals surface area contributed by atoms with Gasteiger partial charge in [-0.25, -0.2) is 0 Å². The lowest BCUT2D eigenvalue weighted by Gasteiger charge is -2.17. The molecular formula is C16H25NO3. The van der Waals surface area contributed by atoms with Crippen LogP contribution in [0.25, 0.3) is 0 Å². The van der Waals surface area contributed by atoms with Gasteiger partial charge in [0, 0.05) is 13.7 Å². The first kappa shape index (κ1) is 16.5. The molecule has 20 heavy (non-hydrogen) atoms. The minimum atomic E-state index is -0.520. The van der Waals surface area contributed by atoms with Crippen molar-refractivity contribution in [1.82, 2.24) is 5.32 Å². The fourth-order valence-electron chi connectivity index (χ4n) is 1.77. The summed E-state index contributed by atoms with van der Waals surface area (Å²) in [5, 5.41) is 2.77. The van der Waals surface area contributed by atoms with Crippen molar-refractivity contribution >= 4 is 5.91 Å². The van der Waals surface area contributed by atoms with Gasteiger partial charge in [0.2, 0.25) is 0 Å². The number of aryl methyl sites for hydroxylation is 1. The van der Waals surface area contributed by atoms with E-state index in [1.54, 1.807) is 14.0 Å². The van der Waals surface area contributed by atoms with Crippen LogP contribution >= 0.6 is 0 Å². The summed E-state index contributed by atoms with van der Waals surface area (Å²) in [6, 6.07) is 6.13. The summed E-state index contributed by atoms with van der Waals surface area (Å²) in [5.74, 6) is 1.07. The molecule has 1 N–H and O–H groups in total. The van der Waals surface area contributed by atoms with E-state index in [1.165, 1.54) is 5.56 Å². The van der Waals surface area contributed by atoms with E-state index in [-0.39, 0.29) is 5.91 Å². The normalized spacial score (nSPS) is 12.3. The summed E-state index contributed by atoms with van der Waals surface area (Å²) in [6.07, 6.45) is -0.520. The molecule has 0 aromatic heterocycles. The Labute approximate surface area is 121 Å². The number of benzene rings is 1. The van der Waals surface area contributed by atoms with E-state index in [1.807, 2.05) is 19.1 Å². The van der Waals surface area contributed by atoms with Crippen molar-refractivity contribution in [3.63, 3.8) is 0 Å². The lowest BCUT2D eigenvalue weighted by atomic mass is 10.0. The van der Waals surface area contributed by atoms with E-state index in [2.05, 4.69) is 25.2 Å². The van der Waals surface area contributed by atoms with Crippen LogP contribution in [0.2, 0.25) is 0 Å². The van der Waals surface area contributed by atoms with Crippen LogP contribution in [0.15, 0.2) is 18.2 Å². The third-order valence-electron chi connectivity index (χ3n) is 3.16. The predicted molar refractivity (Wildman–Crippen MR) is 80.2 cm³/mol. The third-order valence-corrected chi connectivity index (χ3v) is 3.16. The van der Waals surface area contributed by atoms with Crippen molar-refractivity contribution in [2.24, 2.45) is 0 Å². The molecule has 0 spiro atoms. The molecule has 4 heteroatoms. The van der Waals surface area contributed by atoms with Crippen LogP contribution in [0, 0.1) is 6.92 Å². The Morgan fingerprint density at radius 3 is 2.60 bits per heavy atom. The van der Waals surface area contributed by atoms with Gasteiger partial charge in [0.15, 0.2) is 6.10 Å². The summed E-state index contributed by atoms with van der Waals surface area (Å²) in [7, 11) is 1.60. The number of rotatable bonds is 7. The molecule has 1 amide bonds. The van der Waals surface area contributed by atoms with E-state index in [4.69, 9.17) is 9.47 Å². The summed E-state index contributed by atoms with van der Waals surface area (Å²) in [5.41, 5.74) is 2.24. The Bertz CT molecular complexity index is 443. The van der Waals surface area contributed by atoms with Crippen LogP contribution in [0.1, 0.15) is 37.8 Å². The van der Waals surface area contributed by atoms with Crippen molar-refractivity contribution in [3.05, 3.63) is 29.3 Å². The lowest BCUT2D eigenvalue weighted by molar-refractivity contribution is -0.127. The van der Waals surface area contributed by atoms with Gasteiger partial charge in [0.05, 0.1) is 6.61 Å². The first-order chi connectivity index (χ1) is 9.45. The second-order valence-electron chi connectivity index (χ2n) is 5.22. The third kappa shape index (κ3) is 4.85. The molecule has 0 saturated carbocycles. The van der Waals surface area contributed by atoms with Crippen molar-refractivity contribution in [2.45, 2.75) is 39.7 Å². The van der Waals surface area contributed by atoms with E-state index >= 15 is 0 Å². The molecular weight excluding hydrogens is 254 g/mol. The topological polar surface area (TPSA) is 47.6 Å². The monoisotopic (exact) mass is 279 g/mol. The number of carbonyl (C=O) groups excluding carboxylic acids is 1. The van der Waals surface area contributed by atoms with Crippen molar-refractivity contribution in [1.29, 1.82) is 0 Å². The smallest absolute Gasteiger partial charge is 0.260 e. The highest BCUT2D eigenvalue weighted by Crippen LogP contribution is 2.25. The number of hydrogen-bond acceptors (Lipinski definition) is 3. The van der Waals surface area contributed by atoms with Crippen molar-refractivity contribution < 1.29 is 14.3 Å². The summed E-state index contributed by atoms with van der Waals surface area (Å²) in [4.78, 5) is 11.9. The summed E-state index contributed by atoms with van der Waals surface area (Å²) >= 11 is 0. The zero-order valence-electron chi connectivity index (χ0n) is 13.0. The maximum absolute atomic E-state index is 11.9. The van der Waals surface area contributed by atoms with Gasteiger partial charge in [-0.3, -0.25) is 4.79 Å². The van der Waals surface area contributed by atoms with E-state index in [0.29, 0.717) is 19.1 Å². The molecule has 0 heterocycles. The minimum absolute atomic E-state index is 0.128. The molecule has 1 atom stereocenters. The molecule has 0 saturated heterocycles. The Kier molecular flexibility index (Phi) is 6.52. The fourth-order valence-corrected chi connectivity index (χ4v) is 1.77. The van der Waals surface area contributed by atoms with Crippen LogP contribution in [0.4, 0.5) is 0 Å². The molecule has 0 fully saturated rings. The van der Waals surface area contributed by atoms with Gasteiger partial charge in [0.1, 0.15) is 5.75 Å². The average molecular weight is 279 g/mol. The zero-order chi connectivity index (χ0) is 15.1. The van der Waals surface area contributed by atoms with Crippen LogP contribution in [0.3, 0.4) is 0 Å². The maximum Gasteiger partial charge on any atom is 0.260 e. The minimum Gasteiger partial charge on any atom is -0.481 e. The molecule has 0 aliphatic rings. The first-order valence-corrected chi connectivity index (χ1v) is 6.99. The van der Waals surface area contributed by atoms with Gasteiger partial charge < -0.3 is 14.8 Å². The van der Waals surface area contributed by atoms with Gasteiger partial charge in [-0.2, -0.15) is 0 Å². The predicted octanol–water partition coefficient (Wildman–Crippen LogP) is 2.65. The highest BCUT2D eigenvalue weighted by molar-refractivity contribution is 5.80. The molecule has 0 aliphatic carbocycles. The number of amides is 1. The van der Waals surface area contributed by atoms with Crippen LogP contribution in [0.5, 0.6) is 5.75 Å². The van der Waals surface area contributed by atoms with Crippen LogP contribution in [-0.2, 0) is 9.53 Å². The number of methoxy groups -OCH3 is 1. The Hall–Kier alpha value is -1.55. The first-order valence-electron chi connectivity index (χ1n) is 6.99. The molecule has 1 aromatic carbocycles. The second kappa shape index (κ2) is 7.90. The summed E-state index contributed by atoms with van der Waals surface area (Å²) in [6.45, 7) is 9.00. The Morgan fingerprint density at radius 2 is 2.00 bits per heavy atom. The van der Waals surface area contributed by atoms with Crippen LogP contribution in [-0.4, -0.2) is 32.3 Å². The Morgan fingerprint density at radius 1 is 1.30 bits per heavy atom. The highest BCUT2D eigenvalue weighted by Gasteiger charge is 2.15. The largest absolute Gasteiger partial charge is 0.481 e. The molecule has 1 aromatic rings. The van der Waals surface area contributed by atoms with Gasteiger partial charge >= 0.3 is 0 Å². The van der Waals surface area contributed by atoms with Crippen LogP contribution < -0.4 is 10.1 Å². The molecule has 1 unspecified atom stereocenters. The number of ether oxygens (including phenoxy) is 2. The zero-order valence-corrected chi connectivity index (χ0v) is 13.0. The standard InChI is InChI=1S/C16H25NO3/c1-11(2)14-7-6-12(3)15(10-14)20-13(4)16(18)17-8-9-19-5/h6-7,10-11,13H,8-9H2,1-5H3,(H,17,18). The van der Waals surface area contributed by atoms with Gasteiger partial charge in [-0.15, -0.1) is 0 Å². The van der Waals surface area contributed by atoms with Crippen molar-refractivity contribution in [2.75, 3.05) is 20.3 Å². The van der Waals surface area contributed by atoms with Gasteiger partial charge in [-0.05, 0) is 37.0 Å². The number of nitrogens with one attached hydrogen (secondary N) is 1. The second-order valence-corrected chi connectivity index (χ2v) is 5.22. The fraction of sp³-hybridized carbons (Fsp3) is 0.562. The molecule has 0 aliphatic heterocycles.